The Morgan fingerprint density at radius 3 is 2.10 bits per heavy atom. The van der Waals surface area contributed by atoms with Crippen LogP contribution in [0.15, 0.2) is 12.2 Å². The summed E-state index contributed by atoms with van der Waals surface area (Å²) in [5, 5.41) is 0. The molecule has 0 aromatic heterocycles. The Morgan fingerprint density at radius 1 is 1.05 bits per heavy atom. The van der Waals surface area contributed by atoms with Crippen molar-refractivity contribution in [3.63, 3.8) is 0 Å². The summed E-state index contributed by atoms with van der Waals surface area (Å²) in [6, 6.07) is 0. The Bertz CT molecular complexity index is 398. The molecular weight excluding hydrogens is 295 g/mol. The predicted octanol–water partition coefficient (Wildman–Crippen LogP) is 2.58. The van der Waals surface area contributed by atoms with Crippen LogP contribution < -0.4 is 0 Å². The highest BCUT2D eigenvalue weighted by Crippen LogP contribution is 2.34. The third-order valence-electron chi connectivity index (χ3n) is 2.81. The lowest BCUT2D eigenvalue weighted by atomic mass is 10.1. The zero-order valence-corrected chi connectivity index (χ0v) is 13.4. The Hall–Kier alpha value is -0.970. The van der Waals surface area contributed by atoms with Crippen LogP contribution in [0.25, 0.3) is 0 Å². The summed E-state index contributed by atoms with van der Waals surface area (Å²) in [5.74, 6) is -0.742. The molecule has 0 aliphatic rings. The molecule has 122 valence electrons. The van der Waals surface area contributed by atoms with Crippen LogP contribution >= 0.6 is 7.60 Å². The summed E-state index contributed by atoms with van der Waals surface area (Å²) >= 11 is 0. The molecule has 0 bridgehead atoms. The van der Waals surface area contributed by atoms with E-state index in [4.69, 9.17) is 14.5 Å². The van der Waals surface area contributed by atoms with Gasteiger partial charge in [-0.3, -0.25) is 9.36 Å². The van der Waals surface area contributed by atoms with Crippen molar-refractivity contribution in [3.05, 3.63) is 12.2 Å². The lowest BCUT2D eigenvalue weighted by Crippen LogP contribution is -2.06. The topological polar surface area (TPSA) is 101 Å². The summed E-state index contributed by atoms with van der Waals surface area (Å²) in [5.41, 5.74) is 0.398. The maximum Gasteiger partial charge on any atom is 0.333 e. The zero-order valence-electron chi connectivity index (χ0n) is 12.5. The zero-order chi connectivity index (χ0) is 16.3. The van der Waals surface area contributed by atoms with E-state index in [0.717, 1.165) is 32.1 Å². The van der Waals surface area contributed by atoms with Crippen molar-refractivity contribution in [3.8, 4) is 0 Å². The van der Waals surface area contributed by atoms with Gasteiger partial charge in [0.1, 0.15) is 11.9 Å². The van der Waals surface area contributed by atoms with E-state index in [0.29, 0.717) is 18.6 Å². The summed E-state index contributed by atoms with van der Waals surface area (Å²) in [4.78, 5) is 39.5. The monoisotopic (exact) mass is 320 g/mol. The molecule has 0 heterocycles. The fourth-order valence-electron chi connectivity index (χ4n) is 1.73. The maximum atomic E-state index is 11.2. The first kappa shape index (κ1) is 20.0. The Morgan fingerprint density at radius 2 is 1.57 bits per heavy atom. The van der Waals surface area contributed by atoms with Crippen LogP contribution in [-0.2, 0) is 18.9 Å². The van der Waals surface area contributed by atoms with Crippen LogP contribution in [0, 0.1) is 0 Å². The van der Waals surface area contributed by atoms with Crippen molar-refractivity contribution >= 4 is 19.3 Å². The van der Waals surface area contributed by atoms with Gasteiger partial charge in [0.25, 0.3) is 0 Å². The molecule has 0 aliphatic heterocycles. The number of esters is 1. The molecule has 21 heavy (non-hydrogen) atoms. The molecule has 0 amide bonds. The first-order valence-electron chi connectivity index (χ1n) is 7.11. The van der Waals surface area contributed by atoms with Gasteiger partial charge in [-0.25, -0.2) is 4.79 Å². The quantitative estimate of drug-likeness (QED) is 0.248. The van der Waals surface area contributed by atoms with Crippen molar-refractivity contribution in [2.75, 3.05) is 12.8 Å². The van der Waals surface area contributed by atoms with E-state index in [1.165, 1.54) is 0 Å². The van der Waals surface area contributed by atoms with Crippen molar-refractivity contribution in [1.29, 1.82) is 0 Å². The fourth-order valence-corrected chi connectivity index (χ4v) is 2.35. The average molecular weight is 320 g/mol. The molecule has 0 aliphatic carbocycles. The third kappa shape index (κ3) is 13.8. The van der Waals surface area contributed by atoms with E-state index in [2.05, 4.69) is 6.58 Å². The number of rotatable bonds is 12. The molecule has 0 fully saturated rings. The number of carbonyl (C=O) groups is 2. The highest BCUT2D eigenvalue weighted by molar-refractivity contribution is 7.52. The SMILES string of the molecule is C=C(C)C(=O)OCCCCCCCCC(=O)CP(=O)(O)O. The van der Waals surface area contributed by atoms with Crippen molar-refractivity contribution in [1.82, 2.24) is 0 Å². The van der Waals surface area contributed by atoms with Crippen LogP contribution in [0.5, 0.6) is 0 Å². The first-order chi connectivity index (χ1) is 9.72. The highest BCUT2D eigenvalue weighted by atomic mass is 31.2. The third-order valence-corrected chi connectivity index (χ3v) is 3.58. The van der Waals surface area contributed by atoms with E-state index in [-0.39, 0.29) is 18.2 Å². The number of ketones is 1. The molecule has 6 nitrogen and oxygen atoms in total. The minimum Gasteiger partial charge on any atom is -0.462 e. The molecule has 0 aromatic rings. The van der Waals surface area contributed by atoms with Gasteiger partial charge in [0.15, 0.2) is 0 Å². The summed E-state index contributed by atoms with van der Waals surface area (Å²) in [7, 11) is -4.21. The van der Waals surface area contributed by atoms with Crippen LogP contribution in [-0.4, -0.2) is 34.3 Å². The van der Waals surface area contributed by atoms with Gasteiger partial charge in [0, 0.05) is 12.0 Å². The van der Waals surface area contributed by atoms with E-state index >= 15 is 0 Å². The van der Waals surface area contributed by atoms with Gasteiger partial charge in [-0.15, -0.1) is 0 Å². The maximum absolute atomic E-state index is 11.2. The second kappa shape index (κ2) is 10.7. The Kier molecular flexibility index (Phi) is 10.2. The Labute approximate surface area is 125 Å². The van der Waals surface area contributed by atoms with Crippen LogP contribution in [0.4, 0.5) is 0 Å². The molecule has 0 atom stereocenters. The van der Waals surface area contributed by atoms with E-state index in [1.807, 2.05) is 0 Å². The van der Waals surface area contributed by atoms with Gasteiger partial charge in [-0.05, 0) is 19.8 Å². The van der Waals surface area contributed by atoms with Gasteiger partial charge >= 0.3 is 13.6 Å². The van der Waals surface area contributed by atoms with Gasteiger partial charge in [0.2, 0.25) is 0 Å². The van der Waals surface area contributed by atoms with E-state index in [1.54, 1.807) is 6.92 Å². The number of unbranched alkanes of at least 4 members (excludes halogenated alkanes) is 5. The minimum absolute atomic E-state index is 0.224. The van der Waals surface area contributed by atoms with Crippen molar-refractivity contribution < 1.29 is 28.7 Å². The average Bonchev–Trinajstić information content (AvgIpc) is 2.34. The van der Waals surface area contributed by atoms with Crippen molar-refractivity contribution in [2.45, 2.75) is 51.9 Å². The second-order valence-corrected chi connectivity index (χ2v) is 6.79. The number of ether oxygens (including phenoxy) is 1. The lowest BCUT2D eigenvalue weighted by molar-refractivity contribution is -0.139. The molecule has 0 unspecified atom stereocenters. The van der Waals surface area contributed by atoms with Gasteiger partial charge < -0.3 is 14.5 Å². The molecule has 0 rings (SSSR count). The molecule has 0 saturated heterocycles. The largest absolute Gasteiger partial charge is 0.462 e. The van der Waals surface area contributed by atoms with Gasteiger partial charge in [-0.2, -0.15) is 0 Å². The first-order valence-corrected chi connectivity index (χ1v) is 8.91. The molecule has 2 N–H and O–H groups in total. The number of hydrogen-bond acceptors (Lipinski definition) is 4. The van der Waals surface area contributed by atoms with Crippen molar-refractivity contribution in [2.24, 2.45) is 0 Å². The molecule has 0 saturated carbocycles. The molecule has 0 radical (unpaired) electrons. The summed E-state index contributed by atoms with van der Waals surface area (Å²) < 4.78 is 15.6. The van der Waals surface area contributed by atoms with E-state index < -0.39 is 13.8 Å². The highest BCUT2D eigenvalue weighted by Gasteiger charge is 2.18. The fraction of sp³-hybridized carbons (Fsp3) is 0.714. The molecular formula is C14H25O6P. The predicted molar refractivity (Wildman–Crippen MR) is 80.0 cm³/mol. The molecule has 0 aromatic carbocycles. The molecule has 0 spiro atoms. The Balaban J connectivity index is 3.37. The van der Waals surface area contributed by atoms with Crippen LogP contribution in [0.1, 0.15) is 51.9 Å². The van der Waals surface area contributed by atoms with E-state index in [9.17, 15) is 14.2 Å². The molecule has 7 heteroatoms. The summed E-state index contributed by atoms with van der Waals surface area (Å²) in [6.07, 6.45) is 4.77. The number of Topliss-reactive ketones (excluding diaryl/α,β-unsaturated/α-hetero) is 1. The van der Waals surface area contributed by atoms with Gasteiger partial charge in [-0.1, -0.05) is 32.3 Å². The lowest BCUT2D eigenvalue weighted by Gasteiger charge is -2.05. The normalized spacial score (nSPS) is 11.2. The standard InChI is InChI=1S/C14H25O6P/c1-12(2)14(16)20-10-8-6-4-3-5-7-9-13(15)11-21(17,18)19/h1,3-11H2,2H3,(H2,17,18,19). The smallest absolute Gasteiger partial charge is 0.333 e. The second-order valence-electron chi connectivity index (χ2n) is 5.15. The van der Waals surface area contributed by atoms with Crippen LogP contribution in [0.2, 0.25) is 0 Å². The number of carbonyl (C=O) groups excluding carboxylic acids is 2. The van der Waals surface area contributed by atoms with Gasteiger partial charge in [0.05, 0.1) is 6.61 Å². The van der Waals surface area contributed by atoms with Crippen LogP contribution in [0.3, 0.4) is 0 Å². The summed E-state index contributed by atoms with van der Waals surface area (Å²) in [6.45, 7) is 5.49. The minimum atomic E-state index is -4.21. The number of hydrogen-bond donors (Lipinski definition) is 2.